The van der Waals surface area contributed by atoms with Crippen LogP contribution in [0.1, 0.15) is 12.0 Å². The van der Waals surface area contributed by atoms with Crippen molar-refractivity contribution in [2.45, 2.75) is 19.0 Å². The van der Waals surface area contributed by atoms with Crippen molar-refractivity contribution in [1.82, 2.24) is 9.88 Å². The van der Waals surface area contributed by atoms with Crippen LogP contribution in [0.4, 0.5) is 11.4 Å². The molecule has 3 heterocycles. The fourth-order valence-corrected chi connectivity index (χ4v) is 5.18. The first-order valence-corrected chi connectivity index (χ1v) is 12.5. The Morgan fingerprint density at radius 1 is 1.11 bits per heavy atom. The molecule has 2 aliphatic heterocycles. The summed E-state index contributed by atoms with van der Waals surface area (Å²) in [4.78, 5) is 33.4. The van der Waals surface area contributed by atoms with Gasteiger partial charge in [-0.2, -0.15) is 0 Å². The number of methoxy groups -OCH3 is 1. The molecule has 0 saturated carbocycles. The lowest BCUT2D eigenvalue weighted by Gasteiger charge is -2.24. The molecule has 10 heteroatoms. The molecule has 4 aromatic rings. The van der Waals surface area contributed by atoms with Crippen molar-refractivity contribution >= 4 is 51.4 Å². The number of benzene rings is 3. The fraction of sp³-hybridized carbons (Fsp3) is 0.179. The fourth-order valence-electron chi connectivity index (χ4n) is 4.80. The minimum Gasteiger partial charge on any atom is -0.495 e. The molecule has 2 aliphatic rings. The summed E-state index contributed by atoms with van der Waals surface area (Å²) < 4.78 is 16.4. The van der Waals surface area contributed by atoms with E-state index in [4.69, 9.17) is 26.4 Å². The number of H-pyrrole nitrogens is 1. The first-order valence-electron chi connectivity index (χ1n) is 12.0. The molecule has 1 atom stereocenters. The van der Waals surface area contributed by atoms with Gasteiger partial charge < -0.3 is 29.4 Å². The molecule has 1 unspecified atom stereocenters. The SMILES string of the molecule is COc1ccccc1N1C(=O)C(CC(=O)Nc2ccc3cc[nH]c3c2)N(Cc2ccc3c(c2)OCO3)C1=S. The van der Waals surface area contributed by atoms with Crippen LogP contribution in [0.3, 0.4) is 0 Å². The average molecular weight is 529 g/mol. The van der Waals surface area contributed by atoms with Crippen molar-refractivity contribution in [2.75, 3.05) is 24.1 Å². The van der Waals surface area contributed by atoms with Crippen molar-refractivity contribution in [3.8, 4) is 17.2 Å². The number of nitrogens with one attached hydrogen (secondary N) is 2. The van der Waals surface area contributed by atoms with Crippen LogP contribution in [0.25, 0.3) is 10.9 Å². The maximum atomic E-state index is 13.8. The van der Waals surface area contributed by atoms with E-state index < -0.39 is 6.04 Å². The summed E-state index contributed by atoms with van der Waals surface area (Å²) in [5, 5.41) is 4.26. The molecule has 3 aromatic carbocycles. The molecule has 6 rings (SSSR count). The van der Waals surface area contributed by atoms with Crippen LogP contribution in [0.5, 0.6) is 17.2 Å². The Morgan fingerprint density at radius 3 is 2.82 bits per heavy atom. The Bertz CT molecular complexity index is 1570. The Labute approximate surface area is 223 Å². The second kappa shape index (κ2) is 9.71. The highest BCUT2D eigenvalue weighted by molar-refractivity contribution is 7.80. The lowest BCUT2D eigenvalue weighted by atomic mass is 10.1. The largest absolute Gasteiger partial charge is 0.495 e. The van der Waals surface area contributed by atoms with E-state index in [1.807, 2.05) is 60.8 Å². The Balaban J connectivity index is 1.29. The van der Waals surface area contributed by atoms with E-state index in [9.17, 15) is 9.59 Å². The smallest absolute Gasteiger partial charge is 0.256 e. The minimum atomic E-state index is -0.813. The second-order valence-electron chi connectivity index (χ2n) is 8.99. The van der Waals surface area contributed by atoms with E-state index >= 15 is 0 Å². The predicted octanol–water partition coefficient (Wildman–Crippen LogP) is 4.44. The third-order valence-corrected chi connectivity index (χ3v) is 7.07. The van der Waals surface area contributed by atoms with Crippen molar-refractivity contribution in [3.63, 3.8) is 0 Å². The lowest BCUT2D eigenvalue weighted by Crippen LogP contribution is -2.37. The van der Waals surface area contributed by atoms with Gasteiger partial charge in [0, 0.05) is 23.9 Å². The van der Waals surface area contributed by atoms with Gasteiger partial charge in [0.15, 0.2) is 16.6 Å². The van der Waals surface area contributed by atoms with E-state index in [2.05, 4.69) is 10.3 Å². The van der Waals surface area contributed by atoms with E-state index in [0.29, 0.717) is 40.3 Å². The number of thiocarbonyl (C=S) groups is 1. The molecule has 2 N–H and O–H groups in total. The lowest BCUT2D eigenvalue weighted by molar-refractivity contribution is -0.124. The molecule has 2 amide bonds. The highest BCUT2D eigenvalue weighted by Gasteiger charge is 2.45. The third-order valence-electron chi connectivity index (χ3n) is 6.65. The van der Waals surface area contributed by atoms with Crippen LogP contribution in [0.15, 0.2) is 72.9 Å². The van der Waals surface area contributed by atoms with Crippen LogP contribution < -0.4 is 24.4 Å². The molecule has 0 radical (unpaired) electrons. The summed E-state index contributed by atoms with van der Waals surface area (Å²) in [7, 11) is 1.54. The summed E-state index contributed by atoms with van der Waals surface area (Å²) in [5.41, 5.74) is 2.95. The van der Waals surface area contributed by atoms with E-state index in [1.165, 1.54) is 4.90 Å². The third kappa shape index (κ3) is 4.28. The summed E-state index contributed by atoms with van der Waals surface area (Å²) in [6, 6.07) is 19.5. The summed E-state index contributed by atoms with van der Waals surface area (Å²) in [5.74, 6) is 1.22. The number of rotatable bonds is 7. The molecule has 38 heavy (non-hydrogen) atoms. The van der Waals surface area contributed by atoms with E-state index in [0.717, 1.165) is 16.5 Å². The summed E-state index contributed by atoms with van der Waals surface area (Å²) in [6.07, 6.45) is 1.76. The predicted molar refractivity (Wildman–Crippen MR) is 147 cm³/mol. The standard InChI is InChI=1S/C28H24N4O5S/c1-35-23-5-3-2-4-21(23)32-27(34)22(14-26(33)30-19-8-7-18-10-11-29-20(18)13-19)31(28(32)38)15-17-6-9-24-25(12-17)37-16-36-24/h2-13,22,29H,14-16H2,1H3,(H,30,33). The number of fused-ring (bicyclic) bond motifs is 2. The van der Waals surface area contributed by atoms with Gasteiger partial charge in [-0.25, -0.2) is 0 Å². The van der Waals surface area contributed by atoms with E-state index in [-0.39, 0.29) is 25.0 Å². The van der Waals surface area contributed by atoms with Crippen molar-refractivity contribution in [3.05, 3.63) is 78.5 Å². The van der Waals surface area contributed by atoms with Crippen LogP contribution in [0, 0.1) is 0 Å². The highest BCUT2D eigenvalue weighted by atomic mass is 32.1. The van der Waals surface area contributed by atoms with Crippen LogP contribution in [-0.2, 0) is 16.1 Å². The number of para-hydroxylation sites is 2. The van der Waals surface area contributed by atoms with Gasteiger partial charge >= 0.3 is 0 Å². The van der Waals surface area contributed by atoms with Gasteiger partial charge in [0.1, 0.15) is 11.8 Å². The van der Waals surface area contributed by atoms with Crippen molar-refractivity contribution in [1.29, 1.82) is 0 Å². The Hall–Kier alpha value is -4.57. The molecule has 192 valence electrons. The number of hydrogen-bond acceptors (Lipinski definition) is 6. The number of aromatic nitrogens is 1. The molecule has 0 aliphatic carbocycles. The normalized spacial score (nSPS) is 16.4. The topological polar surface area (TPSA) is 96.1 Å². The Kier molecular flexibility index (Phi) is 6.09. The zero-order valence-corrected chi connectivity index (χ0v) is 21.3. The zero-order valence-electron chi connectivity index (χ0n) is 20.5. The Morgan fingerprint density at radius 2 is 1.95 bits per heavy atom. The van der Waals surface area contributed by atoms with Crippen LogP contribution in [0.2, 0.25) is 0 Å². The van der Waals surface area contributed by atoms with Gasteiger partial charge in [0.05, 0.1) is 19.2 Å². The monoisotopic (exact) mass is 528 g/mol. The first kappa shape index (κ1) is 23.8. The molecule has 0 spiro atoms. The number of carbonyl (C=O) groups excluding carboxylic acids is 2. The first-order chi connectivity index (χ1) is 18.5. The quantitative estimate of drug-likeness (QED) is 0.343. The number of amides is 2. The van der Waals surface area contributed by atoms with Gasteiger partial charge in [0.25, 0.3) is 5.91 Å². The molecule has 0 bridgehead atoms. The molecule has 9 nitrogen and oxygen atoms in total. The number of aromatic amines is 1. The van der Waals surface area contributed by atoms with Gasteiger partial charge in [-0.1, -0.05) is 24.3 Å². The van der Waals surface area contributed by atoms with Crippen LogP contribution in [-0.4, -0.2) is 46.8 Å². The van der Waals surface area contributed by atoms with Gasteiger partial charge in [0.2, 0.25) is 12.7 Å². The minimum absolute atomic E-state index is 0.0854. The second-order valence-corrected chi connectivity index (χ2v) is 9.36. The number of hydrogen-bond donors (Lipinski definition) is 2. The summed E-state index contributed by atoms with van der Waals surface area (Å²) >= 11 is 5.81. The molecule has 1 aromatic heterocycles. The maximum Gasteiger partial charge on any atom is 0.256 e. The summed E-state index contributed by atoms with van der Waals surface area (Å²) in [6.45, 7) is 0.470. The maximum absolute atomic E-state index is 13.8. The zero-order chi connectivity index (χ0) is 26.2. The molecular weight excluding hydrogens is 504 g/mol. The van der Waals surface area contributed by atoms with Gasteiger partial charge in [-0.3, -0.25) is 14.5 Å². The number of ether oxygens (including phenoxy) is 3. The number of carbonyl (C=O) groups is 2. The van der Waals surface area contributed by atoms with Gasteiger partial charge in [-0.05, 0) is 65.6 Å². The number of anilines is 2. The average Bonchev–Trinajstić information content (AvgIpc) is 3.64. The van der Waals surface area contributed by atoms with Gasteiger partial charge in [-0.15, -0.1) is 0 Å². The van der Waals surface area contributed by atoms with Crippen molar-refractivity contribution < 1.29 is 23.8 Å². The molecule has 1 saturated heterocycles. The van der Waals surface area contributed by atoms with Crippen molar-refractivity contribution in [2.24, 2.45) is 0 Å². The van der Waals surface area contributed by atoms with Crippen LogP contribution >= 0.6 is 12.2 Å². The highest BCUT2D eigenvalue weighted by Crippen LogP contribution is 2.37. The number of nitrogens with zero attached hydrogens (tertiary/aromatic N) is 2. The molecular formula is C28H24N4O5S. The van der Waals surface area contributed by atoms with E-state index in [1.54, 1.807) is 24.1 Å². The molecule has 1 fully saturated rings.